The average Bonchev–Trinajstić information content (AvgIpc) is 3.00. The van der Waals surface area contributed by atoms with E-state index in [4.69, 9.17) is 23.2 Å². The maximum absolute atomic E-state index is 6.48. The van der Waals surface area contributed by atoms with Crippen LogP contribution in [0.2, 0.25) is 10.0 Å². The van der Waals surface area contributed by atoms with E-state index in [0.29, 0.717) is 21.9 Å². The van der Waals surface area contributed by atoms with Gasteiger partial charge in [0.05, 0.1) is 21.8 Å². The Morgan fingerprint density at radius 1 is 1.05 bits per heavy atom. The monoisotopic (exact) mass is 393 g/mol. The number of para-hydroxylation sites is 1. The zero-order valence-electron chi connectivity index (χ0n) is 11.7. The van der Waals surface area contributed by atoms with Gasteiger partial charge in [-0.2, -0.15) is 0 Å². The Hall–Kier alpha value is -0.960. The number of fused-ring (bicyclic) bond motifs is 3. The highest BCUT2D eigenvalue weighted by atomic mass is 79.9. The number of hydrogen-bond donors (Lipinski definition) is 1. The predicted molar refractivity (Wildman–Crippen MR) is 97.0 cm³/mol. The van der Waals surface area contributed by atoms with E-state index in [9.17, 15) is 0 Å². The average molecular weight is 395 g/mol. The molecule has 0 amide bonds. The molecule has 1 aliphatic heterocycles. The van der Waals surface area contributed by atoms with E-state index in [-0.39, 0.29) is 6.04 Å². The van der Waals surface area contributed by atoms with Crippen LogP contribution in [0.1, 0.15) is 29.5 Å². The molecule has 0 radical (unpaired) electrons. The quantitative estimate of drug-likeness (QED) is 0.538. The lowest BCUT2D eigenvalue weighted by molar-refractivity contribution is 0.425. The first kappa shape index (κ1) is 14.6. The van der Waals surface area contributed by atoms with Gasteiger partial charge in [0.1, 0.15) is 0 Å². The van der Waals surface area contributed by atoms with Gasteiger partial charge in [-0.1, -0.05) is 59.6 Å². The van der Waals surface area contributed by atoms with Gasteiger partial charge >= 0.3 is 0 Å². The van der Waals surface area contributed by atoms with Gasteiger partial charge in [0, 0.05) is 10.4 Å². The first-order valence-electron chi connectivity index (χ1n) is 7.32. The second-order valence-electron chi connectivity index (χ2n) is 5.82. The lowest BCUT2D eigenvalue weighted by Gasteiger charge is -2.38. The normalized spacial score (nSPS) is 25.5. The summed E-state index contributed by atoms with van der Waals surface area (Å²) in [5, 5.41) is 4.96. The molecule has 1 nitrogen and oxygen atoms in total. The van der Waals surface area contributed by atoms with Crippen molar-refractivity contribution in [3.8, 4) is 0 Å². The molecule has 0 bridgehead atoms. The summed E-state index contributed by atoms with van der Waals surface area (Å²) < 4.78 is 1.09. The summed E-state index contributed by atoms with van der Waals surface area (Å²) in [6.07, 6.45) is 5.65. The molecule has 0 saturated heterocycles. The third kappa shape index (κ3) is 2.20. The molecular weight excluding hydrogens is 381 g/mol. The molecule has 4 heteroatoms. The SMILES string of the molecule is Clc1cccc([C@@H]2Nc3c(Br)cccc3[C@H]3C=CC[C@@H]32)c1Cl. The Labute approximate surface area is 148 Å². The highest BCUT2D eigenvalue weighted by Gasteiger charge is 2.39. The van der Waals surface area contributed by atoms with E-state index in [1.54, 1.807) is 0 Å². The molecule has 112 valence electrons. The smallest absolute Gasteiger partial charge is 0.0645 e. The third-order valence-electron chi connectivity index (χ3n) is 4.66. The Morgan fingerprint density at radius 3 is 2.68 bits per heavy atom. The second-order valence-corrected chi connectivity index (χ2v) is 7.46. The number of anilines is 1. The second kappa shape index (κ2) is 5.59. The van der Waals surface area contributed by atoms with E-state index in [2.05, 4.69) is 57.7 Å². The van der Waals surface area contributed by atoms with Gasteiger partial charge in [0.2, 0.25) is 0 Å². The fraction of sp³-hybridized carbons (Fsp3) is 0.222. The number of allylic oxidation sites excluding steroid dienone is 2. The summed E-state index contributed by atoms with van der Waals surface area (Å²) in [5.74, 6) is 0.895. The van der Waals surface area contributed by atoms with Crippen LogP contribution < -0.4 is 5.32 Å². The summed E-state index contributed by atoms with van der Waals surface area (Å²) in [4.78, 5) is 0. The Morgan fingerprint density at radius 2 is 1.82 bits per heavy atom. The molecule has 3 atom stereocenters. The molecule has 2 aromatic carbocycles. The lowest BCUT2D eigenvalue weighted by atomic mass is 9.77. The molecule has 0 fully saturated rings. The van der Waals surface area contributed by atoms with Crippen molar-refractivity contribution < 1.29 is 0 Å². The topological polar surface area (TPSA) is 12.0 Å². The van der Waals surface area contributed by atoms with Crippen LogP contribution in [0.15, 0.2) is 53.0 Å². The molecule has 1 heterocycles. The Bertz CT molecular complexity index is 772. The van der Waals surface area contributed by atoms with Gasteiger partial charge in [0.25, 0.3) is 0 Å². The van der Waals surface area contributed by atoms with Gasteiger partial charge in [0.15, 0.2) is 0 Å². The van der Waals surface area contributed by atoms with E-state index < -0.39 is 0 Å². The minimum Gasteiger partial charge on any atom is -0.377 e. The van der Waals surface area contributed by atoms with Crippen LogP contribution in [-0.2, 0) is 0 Å². The van der Waals surface area contributed by atoms with Crippen molar-refractivity contribution in [3.63, 3.8) is 0 Å². The van der Waals surface area contributed by atoms with Crippen LogP contribution in [0.25, 0.3) is 0 Å². The summed E-state index contributed by atoms with van der Waals surface area (Å²) in [6.45, 7) is 0. The molecule has 22 heavy (non-hydrogen) atoms. The fourth-order valence-corrected chi connectivity index (χ4v) is 4.57. The first-order chi connectivity index (χ1) is 10.7. The molecule has 0 unspecified atom stereocenters. The van der Waals surface area contributed by atoms with Crippen molar-refractivity contribution in [1.82, 2.24) is 0 Å². The third-order valence-corrected chi connectivity index (χ3v) is 6.16. The molecule has 2 aliphatic rings. The minimum absolute atomic E-state index is 0.164. The van der Waals surface area contributed by atoms with Gasteiger partial charge in [-0.3, -0.25) is 0 Å². The number of benzene rings is 2. The molecule has 4 rings (SSSR count). The van der Waals surface area contributed by atoms with Gasteiger partial charge in [-0.05, 0) is 51.5 Å². The van der Waals surface area contributed by atoms with Crippen LogP contribution in [-0.4, -0.2) is 0 Å². The van der Waals surface area contributed by atoms with Gasteiger partial charge in [-0.15, -0.1) is 0 Å². The highest BCUT2D eigenvalue weighted by Crippen LogP contribution is 2.52. The Kier molecular flexibility index (Phi) is 3.72. The maximum atomic E-state index is 6.48. The summed E-state index contributed by atoms with van der Waals surface area (Å²) in [6, 6.07) is 12.4. The number of halogens is 3. The fourth-order valence-electron chi connectivity index (χ4n) is 3.65. The molecular formula is C18H14BrCl2N. The van der Waals surface area contributed by atoms with E-state index in [0.717, 1.165) is 22.1 Å². The minimum atomic E-state index is 0.164. The van der Waals surface area contributed by atoms with Crippen molar-refractivity contribution in [2.24, 2.45) is 5.92 Å². The zero-order valence-corrected chi connectivity index (χ0v) is 14.8. The highest BCUT2D eigenvalue weighted by molar-refractivity contribution is 9.10. The summed E-state index contributed by atoms with van der Waals surface area (Å²) >= 11 is 16.4. The van der Waals surface area contributed by atoms with Crippen LogP contribution in [0.3, 0.4) is 0 Å². The van der Waals surface area contributed by atoms with E-state index in [1.807, 2.05) is 12.1 Å². The van der Waals surface area contributed by atoms with Crippen molar-refractivity contribution >= 4 is 44.8 Å². The maximum Gasteiger partial charge on any atom is 0.0645 e. The lowest BCUT2D eigenvalue weighted by Crippen LogP contribution is -2.29. The van der Waals surface area contributed by atoms with Crippen molar-refractivity contribution in [2.45, 2.75) is 18.4 Å². The van der Waals surface area contributed by atoms with Crippen LogP contribution in [0.4, 0.5) is 5.69 Å². The number of rotatable bonds is 1. The van der Waals surface area contributed by atoms with Gasteiger partial charge < -0.3 is 5.32 Å². The summed E-state index contributed by atoms with van der Waals surface area (Å²) in [7, 11) is 0. The van der Waals surface area contributed by atoms with Gasteiger partial charge in [-0.25, -0.2) is 0 Å². The summed E-state index contributed by atoms with van der Waals surface area (Å²) in [5.41, 5.74) is 3.59. The molecule has 1 aliphatic carbocycles. The molecule has 0 saturated carbocycles. The standard InChI is InChI=1S/C18H14BrCl2N/c19-14-8-2-6-12-10-4-1-5-11(10)17(22-18(12)14)13-7-3-9-15(20)16(13)21/h1-4,6-11,17,22H,5H2/t10-,11-,17+/m0/s1. The van der Waals surface area contributed by atoms with Crippen LogP contribution in [0, 0.1) is 5.92 Å². The molecule has 2 aromatic rings. The van der Waals surface area contributed by atoms with E-state index >= 15 is 0 Å². The largest absolute Gasteiger partial charge is 0.377 e. The molecule has 0 spiro atoms. The van der Waals surface area contributed by atoms with Crippen molar-refractivity contribution in [1.29, 1.82) is 0 Å². The number of nitrogens with one attached hydrogen (secondary N) is 1. The van der Waals surface area contributed by atoms with Crippen molar-refractivity contribution in [2.75, 3.05) is 5.32 Å². The Balaban J connectivity index is 1.86. The van der Waals surface area contributed by atoms with E-state index in [1.165, 1.54) is 5.56 Å². The number of hydrogen-bond acceptors (Lipinski definition) is 1. The first-order valence-corrected chi connectivity index (χ1v) is 8.87. The van der Waals surface area contributed by atoms with Crippen molar-refractivity contribution in [3.05, 3.63) is 74.2 Å². The van der Waals surface area contributed by atoms with Crippen LogP contribution >= 0.6 is 39.1 Å². The molecule has 0 aromatic heterocycles. The predicted octanol–water partition coefficient (Wildman–Crippen LogP) is 6.58. The molecule has 1 N–H and O–H groups in total. The van der Waals surface area contributed by atoms with Crippen LogP contribution in [0.5, 0.6) is 0 Å². The zero-order chi connectivity index (χ0) is 15.3.